The van der Waals surface area contributed by atoms with Crippen molar-refractivity contribution in [2.75, 3.05) is 0 Å². The van der Waals surface area contributed by atoms with Crippen LogP contribution in [0.1, 0.15) is 5.56 Å². The van der Waals surface area contributed by atoms with E-state index >= 15 is 0 Å². The van der Waals surface area contributed by atoms with Crippen LogP contribution in [0.3, 0.4) is 0 Å². The molecule has 0 aliphatic rings. The number of hydrogen-bond acceptors (Lipinski definition) is 3. The van der Waals surface area contributed by atoms with Crippen LogP contribution in [0.5, 0.6) is 0 Å². The molecule has 0 aliphatic carbocycles. The Hall–Kier alpha value is -0.0300. The van der Waals surface area contributed by atoms with Crippen molar-refractivity contribution in [3.8, 4) is 0 Å². The van der Waals surface area contributed by atoms with Gasteiger partial charge in [0.2, 0.25) is 0 Å². The highest BCUT2D eigenvalue weighted by atomic mass is 79.9. The molecule has 5 heteroatoms. The second-order valence-corrected chi connectivity index (χ2v) is 6.18. The van der Waals surface area contributed by atoms with Gasteiger partial charge in [-0.2, -0.15) is 0 Å². The van der Waals surface area contributed by atoms with Crippen molar-refractivity contribution in [3.05, 3.63) is 44.8 Å². The van der Waals surface area contributed by atoms with Gasteiger partial charge in [-0.05, 0) is 33.6 Å². The molecular formula is C10H7BrClNS2. The Labute approximate surface area is 110 Å². The number of benzene rings is 1. The fourth-order valence-corrected chi connectivity index (χ4v) is 3.49. The lowest BCUT2D eigenvalue weighted by molar-refractivity contribution is 1.21. The van der Waals surface area contributed by atoms with E-state index in [1.165, 1.54) is 5.56 Å². The minimum Gasteiger partial charge on any atom is -0.223 e. The van der Waals surface area contributed by atoms with E-state index in [0.29, 0.717) is 0 Å². The maximum atomic E-state index is 5.81. The molecule has 0 spiro atoms. The van der Waals surface area contributed by atoms with Gasteiger partial charge in [0.25, 0.3) is 0 Å². The van der Waals surface area contributed by atoms with Gasteiger partial charge in [-0.3, -0.25) is 0 Å². The van der Waals surface area contributed by atoms with Crippen LogP contribution in [-0.2, 0) is 5.75 Å². The number of thiazole rings is 1. The Morgan fingerprint density at radius 3 is 2.67 bits per heavy atom. The molecule has 1 heterocycles. The van der Waals surface area contributed by atoms with E-state index in [0.717, 1.165) is 19.7 Å². The van der Waals surface area contributed by atoms with Crippen molar-refractivity contribution in [1.82, 2.24) is 4.98 Å². The van der Waals surface area contributed by atoms with Gasteiger partial charge in [0.1, 0.15) is 4.60 Å². The molecule has 0 N–H and O–H groups in total. The second kappa shape index (κ2) is 5.34. The number of rotatable bonds is 3. The van der Waals surface area contributed by atoms with E-state index in [9.17, 15) is 0 Å². The molecule has 0 saturated heterocycles. The first-order valence-corrected chi connectivity index (χ1v) is 7.26. The molecule has 0 saturated carbocycles. The summed E-state index contributed by atoms with van der Waals surface area (Å²) in [7, 11) is 0. The van der Waals surface area contributed by atoms with Crippen LogP contribution in [0, 0.1) is 0 Å². The third-order valence-corrected chi connectivity index (χ3v) is 4.78. The summed E-state index contributed by atoms with van der Waals surface area (Å²) in [5.41, 5.74) is 1.26. The van der Waals surface area contributed by atoms with E-state index < -0.39 is 0 Å². The molecule has 0 bridgehead atoms. The van der Waals surface area contributed by atoms with Gasteiger partial charge >= 0.3 is 0 Å². The number of thioether (sulfide) groups is 1. The topological polar surface area (TPSA) is 12.9 Å². The average Bonchev–Trinajstić information content (AvgIpc) is 2.64. The Kier molecular flexibility index (Phi) is 4.08. The van der Waals surface area contributed by atoms with Gasteiger partial charge in [0.05, 0.1) is 0 Å². The number of hydrogen-bond donors (Lipinski definition) is 0. The molecule has 0 amide bonds. The molecule has 2 rings (SSSR count). The van der Waals surface area contributed by atoms with Gasteiger partial charge in [0.15, 0.2) is 4.34 Å². The molecule has 15 heavy (non-hydrogen) atoms. The minimum absolute atomic E-state index is 0.778. The molecule has 0 radical (unpaired) electrons. The van der Waals surface area contributed by atoms with Crippen molar-refractivity contribution < 1.29 is 0 Å². The summed E-state index contributed by atoms with van der Waals surface area (Å²) in [5, 5.41) is 2.77. The Bertz CT molecular complexity index is 441. The fourth-order valence-electron chi connectivity index (χ4n) is 1.03. The zero-order valence-electron chi connectivity index (χ0n) is 7.61. The number of halogens is 2. The zero-order chi connectivity index (χ0) is 10.7. The van der Waals surface area contributed by atoms with Crippen LogP contribution < -0.4 is 0 Å². The largest absolute Gasteiger partial charge is 0.223 e. The molecule has 0 unspecified atom stereocenters. The van der Waals surface area contributed by atoms with Gasteiger partial charge < -0.3 is 0 Å². The van der Waals surface area contributed by atoms with Gasteiger partial charge in [-0.15, -0.1) is 11.3 Å². The van der Waals surface area contributed by atoms with Gasteiger partial charge in [0, 0.05) is 16.2 Å². The monoisotopic (exact) mass is 319 g/mol. The van der Waals surface area contributed by atoms with Crippen LogP contribution in [0.15, 0.2) is 38.6 Å². The fraction of sp³-hybridized carbons (Fsp3) is 0.100. The maximum Gasteiger partial charge on any atom is 0.151 e. The van der Waals surface area contributed by atoms with Crippen molar-refractivity contribution in [2.45, 2.75) is 10.1 Å². The molecule has 2 aromatic rings. The van der Waals surface area contributed by atoms with E-state index in [1.54, 1.807) is 23.1 Å². The first-order valence-electron chi connectivity index (χ1n) is 4.22. The maximum absolute atomic E-state index is 5.81. The molecule has 1 aromatic heterocycles. The van der Waals surface area contributed by atoms with Gasteiger partial charge in [-0.1, -0.05) is 35.5 Å². The standard InChI is InChI=1S/C10H7BrClNS2/c11-9-6-15-10(13-9)14-5-7-1-3-8(12)4-2-7/h1-4,6H,5H2. The summed E-state index contributed by atoms with van der Waals surface area (Å²) in [4.78, 5) is 4.32. The average molecular weight is 321 g/mol. The van der Waals surface area contributed by atoms with Crippen molar-refractivity contribution >= 4 is 50.6 Å². The van der Waals surface area contributed by atoms with Crippen LogP contribution in [0.4, 0.5) is 0 Å². The Morgan fingerprint density at radius 1 is 1.33 bits per heavy atom. The summed E-state index contributed by atoms with van der Waals surface area (Å²) in [6, 6.07) is 7.90. The predicted molar refractivity (Wildman–Crippen MR) is 70.8 cm³/mol. The smallest absolute Gasteiger partial charge is 0.151 e. The first-order chi connectivity index (χ1) is 7.24. The first kappa shape index (κ1) is 11.5. The van der Waals surface area contributed by atoms with Crippen LogP contribution in [0.25, 0.3) is 0 Å². The Morgan fingerprint density at radius 2 is 2.07 bits per heavy atom. The lowest BCUT2D eigenvalue weighted by atomic mass is 10.2. The highest BCUT2D eigenvalue weighted by Crippen LogP contribution is 2.28. The third kappa shape index (κ3) is 3.48. The van der Waals surface area contributed by atoms with Crippen molar-refractivity contribution in [2.24, 2.45) is 0 Å². The number of aromatic nitrogens is 1. The summed E-state index contributed by atoms with van der Waals surface area (Å²) in [5.74, 6) is 0.928. The quantitative estimate of drug-likeness (QED) is 0.750. The molecule has 1 nitrogen and oxygen atoms in total. The van der Waals surface area contributed by atoms with Crippen LogP contribution in [-0.4, -0.2) is 4.98 Å². The van der Waals surface area contributed by atoms with Crippen LogP contribution in [0.2, 0.25) is 5.02 Å². The minimum atomic E-state index is 0.778. The normalized spacial score (nSPS) is 10.5. The SMILES string of the molecule is Clc1ccc(CSc2nc(Br)cs2)cc1. The second-order valence-electron chi connectivity index (χ2n) is 2.85. The van der Waals surface area contributed by atoms with Crippen molar-refractivity contribution in [1.29, 1.82) is 0 Å². The van der Waals surface area contributed by atoms with E-state index in [-0.39, 0.29) is 0 Å². The molecule has 0 atom stereocenters. The molecule has 0 aliphatic heterocycles. The summed E-state index contributed by atoms with van der Waals surface area (Å²) in [6.07, 6.45) is 0. The summed E-state index contributed by atoms with van der Waals surface area (Å²) >= 11 is 12.5. The highest BCUT2D eigenvalue weighted by Gasteiger charge is 2.01. The Balaban J connectivity index is 1.96. The molecular weight excluding hydrogens is 314 g/mol. The van der Waals surface area contributed by atoms with E-state index in [2.05, 4.69) is 20.9 Å². The lowest BCUT2D eigenvalue weighted by Crippen LogP contribution is -1.79. The lowest BCUT2D eigenvalue weighted by Gasteiger charge is -1.98. The molecule has 0 fully saturated rings. The predicted octanol–water partition coefficient (Wildman–Crippen LogP) is 4.85. The summed E-state index contributed by atoms with van der Waals surface area (Å²) in [6.45, 7) is 0. The summed E-state index contributed by atoms with van der Waals surface area (Å²) < 4.78 is 1.99. The van der Waals surface area contributed by atoms with Crippen LogP contribution >= 0.6 is 50.6 Å². The van der Waals surface area contributed by atoms with E-state index in [1.807, 2.05) is 29.6 Å². The van der Waals surface area contributed by atoms with E-state index in [4.69, 9.17) is 11.6 Å². The zero-order valence-corrected chi connectivity index (χ0v) is 11.6. The number of nitrogens with zero attached hydrogens (tertiary/aromatic N) is 1. The highest BCUT2D eigenvalue weighted by molar-refractivity contribution is 9.10. The molecule has 1 aromatic carbocycles. The van der Waals surface area contributed by atoms with Gasteiger partial charge in [-0.25, -0.2) is 4.98 Å². The molecule has 78 valence electrons. The van der Waals surface area contributed by atoms with Crippen molar-refractivity contribution in [3.63, 3.8) is 0 Å². The third-order valence-electron chi connectivity index (χ3n) is 1.73.